The summed E-state index contributed by atoms with van der Waals surface area (Å²) in [6.45, 7) is 1.44. The Bertz CT molecular complexity index is 657. The Hall–Kier alpha value is -1.49. The molecule has 2 heterocycles. The monoisotopic (exact) mass is 299 g/mol. The highest BCUT2D eigenvalue weighted by molar-refractivity contribution is 7.10. The fourth-order valence-electron chi connectivity index (χ4n) is 3.20. The highest BCUT2D eigenvalue weighted by Gasteiger charge is 2.39. The van der Waals surface area contributed by atoms with E-state index in [1.807, 2.05) is 11.6 Å². The van der Waals surface area contributed by atoms with Gasteiger partial charge < -0.3 is 9.47 Å². The molecule has 2 aliphatic rings. The number of aromatic nitrogens is 1. The topological polar surface area (TPSA) is 31.4 Å². The largest absolute Gasteiger partial charge is 0.347 e. The van der Waals surface area contributed by atoms with Gasteiger partial charge in [0.25, 0.3) is 0 Å². The molecule has 1 spiro atoms. The van der Waals surface area contributed by atoms with Gasteiger partial charge in [0.2, 0.25) is 0 Å². The van der Waals surface area contributed by atoms with Crippen LogP contribution >= 0.6 is 11.3 Å². The minimum Gasteiger partial charge on any atom is -0.347 e. The number of fused-ring (bicyclic) bond motifs is 1. The van der Waals surface area contributed by atoms with Gasteiger partial charge in [0.15, 0.2) is 5.79 Å². The van der Waals surface area contributed by atoms with Crippen molar-refractivity contribution >= 4 is 23.5 Å². The molecule has 0 amide bonds. The maximum absolute atomic E-state index is 5.85. The van der Waals surface area contributed by atoms with Crippen LogP contribution in [-0.2, 0) is 22.3 Å². The maximum atomic E-state index is 5.85. The van der Waals surface area contributed by atoms with E-state index >= 15 is 0 Å². The molecule has 0 saturated carbocycles. The predicted octanol–water partition coefficient (Wildman–Crippen LogP) is 3.55. The second-order valence-electron chi connectivity index (χ2n) is 5.47. The van der Waals surface area contributed by atoms with Crippen LogP contribution in [0.3, 0.4) is 0 Å². The molecule has 21 heavy (non-hydrogen) atoms. The van der Waals surface area contributed by atoms with E-state index < -0.39 is 0 Å². The molecule has 108 valence electrons. The van der Waals surface area contributed by atoms with E-state index in [0.717, 1.165) is 37.5 Å². The van der Waals surface area contributed by atoms with E-state index in [1.54, 1.807) is 11.3 Å². The van der Waals surface area contributed by atoms with Gasteiger partial charge in [-0.3, -0.25) is 0 Å². The summed E-state index contributed by atoms with van der Waals surface area (Å²) in [6, 6.07) is 6.49. The smallest absolute Gasteiger partial charge is 0.172 e. The van der Waals surface area contributed by atoms with Crippen LogP contribution < -0.4 is 0 Å². The van der Waals surface area contributed by atoms with Crippen LogP contribution in [-0.4, -0.2) is 24.0 Å². The number of ether oxygens (including phenoxy) is 2. The second-order valence-corrected chi connectivity index (χ2v) is 6.40. The molecule has 0 unspecified atom stereocenters. The zero-order valence-corrected chi connectivity index (χ0v) is 12.6. The third-order valence-corrected chi connectivity index (χ3v) is 4.94. The van der Waals surface area contributed by atoms with Crippen LogP contribution in [0, 0.1) is 0 Å². The Balaban J connectivity index is 1.63. The first-order chi connectivity index (χ1) is 10.3. The molecule has 1 aliphatic carbocycles. The van der Waals surface area contributed by atoms with Gasteiger partial charge in [0.1, 0.15) is 5.01 Å². The molecule has 1 aliphatic heterocycles. The molecule has 2 aromatic rings. The maximum Gasteiger partial charge on any atom is 0.172 e. The predicted molar refractivity (Wildman–Crippen MR) is 84.1 cm³/mol. The molecule has 3 nitrogen and oxygen atoms in total. The Morgan fingerprint density at radius 1 is 1.19 bits per heavy atom. The first kappa shape index (κ1) is 13.2. The van der Waals surface area contributed by atoms with Gasteiger partial charge in [-0.05, 0) is 29.2 Å². The molecular formula is C17H17NO2S. The van der Waals surface area contributed by atoms with Gasteiger partial charge >= 0.3 is 0 Å². The fraction of sp³-hybridized carbons (Fsp3) is 0.353. The number of hydrogen-bond donors (Lipinski definition) is 0. The Morgan fingerprint density at radius 2 is 2.10 bits per heavy atom. The van der Waals surface area contributed by atoms with E-state index in [1.165, 1.54) is 16.7 Å². The average Bonchev–Trinajstić information content (AvgIpc) is 3.17. The van der Waals surface area contributed by atoms with Crippen molar-refractivity contribution in [1.82, 2.24) is 4.98 Å². The van der Waals surface area contributed by atoms with E-state index in [9.17, 15) is 0 Å². The van der Waals surface area contributed by atoms with Crippen LogP contribution in [0.4, 0.5) is 0 Å². The lowest BCUT2D eigenvalue weighted by molar-refractivity contribution is -0.163. The quantitative estimate of drug-likeness (QED) is 0.850. The van der Waals surface area contributed by atoms with Gasteiger partial charge in [0.05, 0.1) is 13.2 Å². The van der Waals surface area contributed by atoms with Gasteiger partial charge in [-0.2, -0.15) is 0 Å². The summed E-state index contributed by atoms with van der Waals surface area (Å²) in [4.78, 5) is 4.29. The first-order valence-electron chi connectivity index (χ1n) is 7.31. The van der Waals surface area contributed by atoms with Gasteiger partial charge in [-0.1, -0.05) is 24.3 Å². The summed E-state index contributed by atoms with van der Waals surface area (Å²) in [5.41, 5.74) is 4.06. The van der Waals surface area contributed by atoms with Crippen molar-refractivity contribution in [2.45, 2.75) is 25.0 Å². The van der Waals surface area contributed by atoms with Crippen molar-refractivity contribution in [3.8, 4) is 0 Å². The standard InChI is InChI=1S/C17H17NO2S/c1-2-13(4-5-16-18-8-11-21-16)15-6-7-17(12-14(15)3-1)19-9-10-20-17/h1-5,8,11H,6-7,9-10,12H2/b5-4+. The van der Waals surface area contributed by atoms with E-state index in [2.05, 4.69) is 35.3 Å². The lowest BCUT2D eigenvalue weighted by atomic mass is 9.84. The van der Waals surface area contributed by atoms with Crippen LogP contribution in [0.25, 0.3) is 12.2 Å². The summed E-state index contributed by atoms with van der Waals surface area (Å²) < 4.78 is 11.7. The molecule has 4 heteroatoms. The highest BCUT2D eigenvalue weighted by atomic mass is 32.1. The average molecular weight is 299 g/mol. The summed E-state index contributed by atoms with van der Waals surface area (Å²) >= 11 is 1.66. The summed E-state index contributed by atoms with van der Waals surface area (Å²) in [5, 5.41) is 3.04. The number of thiazole rings is 1. The zero-order valence-electron chi connectivity index (χ0n) is 11.7. The molecular weight excluding hydrogens is 282 g/mol. The molecule has 1 aromatic heterocycles. The molecule has 0 bridgehead atoms. The third kappa shape index (κ3) is 2.55. The first-order valence-corrected chi connectivity index (χ1v) is 8.19. The minimum absolute atomic E-state index is 0.357. The van der Waals surface area contributed by atoms with Crippen molar-refractivity contribution in [3.05, 3.63) is 51.5 Å². The lowest BCUT2D eigenvalue weighted by Gasteiger charge is -2.33. The van der Waals surface area contributed by atoms with Gasteiger partial charge in [0, 0.05) is 24.4 Å². The molecule has 0 atom stereocenters. The SMILES string of the molecule is C(=C\c1cccc2c1CCC1(C2)OCCO1)/c1nccs1. The van der Waals surface area contributed by atoms with Gasteiger partial charge in [-0.15, -0.1) is 11.3 Å². The lowest BCUT2D eigenvalue weighted by Crippen LogP contribution is -2.37. The normalized spacial score (nSPS) is 20.2. The molecule has 1 fully saturated rings. The molecule has 4 rings (SSSR count). The van der Waals surface area contributed by atoms with Crippen LogP contribution in [0.1, 0.15) is 28.1 Å². The zero-order chi connectivity index (χ0) is 14.1. The Kier molecular flexibility index (Phi) is 3.37. The van der Waals surface area contributed by atoms with Crippen molar-refractivity contribution < 1.29 is 9.47 Å². The van der Waals surface area contributed by atoms with Gasteiger partial charge in [-0.25, -0.2) is 4.98 Å². The fourth-order valence-corrected chi connectivity index (χ4v) is 3.73. The molecule has 1 aromatic carbocycles. The Morgan fingerprint density at radius 3 is 2.90 bits per heavy atom. The van der Waals surface area contributed by atoms with E-state index in [0.29, 0.717) is 0 Å². The number of rotatable bonds is 2. The summed E-state index contributed by atoms with van der Waals surface area (Å²) in [7, 11) is 0. The number of benzene rings is 1. The number of nitrogens with zero attached hydrogens (tertiary/aromatic N) is 1. The van der Waals surface area contributed by atoms with Crippen molar-refractivity contribution in [1.29, 1.82) is 0 Å². The highest BCUT2D eigenvalue weighted by Crippen LogP contribution is 2.36. The molecule has 0 radical (unpaired) electrons. The van der Waals surface area contributed by atoms with Crippen molar-refractivity contribution in [2.24, 2.45) is 0 Å². The Labute approximate surface area is 128 Å². The summed E-state index contributed by atoms with van der Waals surface area (Å²) in [6.07, 6.45) is 8.92. The minimum atomic E-state index is -0.357. The van der Waals surface area contributed by atoms with Crippen molar-refractivity contribution in [3.63, 3.8) is 0 Å². The molecule has 1 saturated heterocycles. The third-order valence-electron chi connectivity index (χ3n) is 4.20. The van der Waals surface area contributed by atoms with Crippen LogP contribution in [0.15, 0.2) is 29.8 Å². The molecule has 0 N–H and O–H groups in total. The number of hydrogen-bond acceptors (Lipinski definition) is 4. The van der Waals surface area contributed by atoms with Crippen LogP contribution in [0.5, 0.6) is 0 Å². The summed E-state index contributed by atoms with van der Waals surface area (Å²) in [5.74, 6) is -0.357. The van der Waals surface area contributed by atoms with Crippen LogP contribution in [0.2, 0.25) is 0 Å². The van der Waals surface area contributed by atoms with E-state index in [-0.39, 0.29) is 5.79 Å². The second kappa shape index (κ2) is 5.37. The van der Waals surface area contributed by atoms with E-state index in [4.69, 9.17) is 9.47 Å². The van der Waals surface area contributed by atoms with Crippen molar-refractivity contribution in [2.75, 3.05) is 13.2 Å².